The van der Waals surface area contributed by atoms with Gasteiger partial charge in [-0.2, -0.15) is 0 Å². The van der Waals surface area contributed by atoms with Crippen molar-refractivity contribution in [1.82, 2.24) is 9.55 Å². The molecule has 0 amide bonds. The van der Waals surface area contributed by atoms with E-state index < -0.39 is 9.84 Å². The first kappa shape index (κ1) is 17.4. The molecule has 0 radical (unpaired) electrons. The zero-order valence-corrected chi connectivity index (χ0v) is 16.1. The van der Waals surface area contributed by atoms with Crippen LogP contribution in [0.25, 0.3) is 11.6 Å². The summed E-state index contributed by atoms with van der Waals surface area (Å²) in [6, 6.07) is 12.2. The molecule has 3 heterocycles. The van der Waals surface area contributed by atoms with Crippen LogP contribution in [0, 0.1) is 12.8 Å². The van der Waals surface area contributed by atoms with Gasteiger partial charge in [0.25, 0.3) is 0 Å². The smallest absolute Gasteiger partial charge is 0.176 e. The van der Waals surface area contributed by atoms with E-state index in [1.165, 1.54) is 5.56 Å². The highest BCUT2D eigenvalue weighted by molar-refractivity contribution is 7.99. The number of aromatic nitrogens is 2. The van der Waals surface area contributed by atoms with Gasteiger partial charge in [0.05, 0.1) is 11.5 Å². The number of benzene rings is 1. The summed E-state index contributed by atoms with van der Waals surface area (Å²) < 4.78 is 31.3. The number of sulfone groups is 1. The van der Waals surface area contributed by atoms with Crippen molar-refractivity contribution in [3.05, 3.63) is 54.4 Å². The average molecular weight is 389 g/mol. The van der Waals surface area contributed by atoms with Crippen LogP contribution in [0.1, 0.15) is 12.0 Å². The van der Waals surface area contributed by atoms with Crippen LogP contribution < -0.4 is 0 Å². The number of hydrogen-bond acceptors (Lipinski definition) is 5. The highest BCUT2D eigenvalue weighted by atomic mass is 32.2. The van der Waals surface area contributed by atoms with Gasteiger partial charge < -0.3 is 8.98 Å². The molecule has 1 aliphatic rings. The molecule has 136 valence electrons. The van der Waals surface area contributed by atoms with E-state index in [1.807, 2.05) is 22.9 Å². The summed E-state index contributed by atoms with van der Waals surface area (Å²) in [5, 5.41) is 0.807. The summed E-state index contributed by atoms with van der Waals surface area (Å²) in [7, 11) is -2.87. The third-order valence-corrected chi connectivity index (χ3v) is 7.30. The van der Waals surface area contributed by atoms with Gasteiger partial charge in [0.1, 0.15) is 0 Å². The van der Waals surface area contributed by atoms with Crippen LogP contribution in [0.2, 0.25) is 0 Å². The Bertz CT molecular complexity index is 1000. The lowest BCUT2D eigenvalue weighted by atomic mass is 10.1. The Balaban J connectivity index is 1.50. The molecule has 1 fully saturated rings. The number of rotatable bonds is 5. The van der Waals surface area contributed by atoms with E-state index in [2.05, 4.69) is 36.2 Å². The SMILES string of the molecule is Cc1ccc(Sc2ccc(-c3nccn3C[C@H]3CCS(=O)(=O)C3)o2)cc1. The standard InChI is InChI=1S/C19H20N2O3S2/c1-14-2-4-16(5-3-14)25-18-7-6-17(24-18)19-20-9-10-21(19)12-15-8-11-26(22,23)13-15/h2-7,9-10,15H,8,11-13H2,1H3/t15-/m1/s1. The number of furan rings is 1. The van der Waals surface area contributed by atoms with Gasteiger partial charge in [0.15, 0.2) is 26.5 Å². The van der Waals surface area contributed by atoms with Gasteiger partial charge in [-0.05, 0) is 43.5 Å². The number of aryl methyl sites for hydroxylation is 1. The maximum Gasteiger partial charge on any atom is 0.176 e. The highest BCUT2D eigenvalue weighted by Crippen LogP contribution is 2.33. The number of nitrogens with zero attached hydrogens (tertiary/aromatic N) is 2. The lowest BCUT2D eigenvalue weighted by molar-refractivity contribution is 0.464. The van der Waals surface area contributed by atoms with Crippen LogP contribution in [0.3, 0.4) is 0 Å². The molecule has 1 saturated heterocycles. The maximum absolute atomic E-state index is 11.7. The lowest BCUT2D eigenvalue weighted by Crippen LogP contribution is -2.12. The zero-order chi connectivity index (χ0) is 18.1. The fourth-order valence-corrected chi connectivity index (χ4v) is 5.81. The van der Waals surface area contributed by atoms with E-state index in [9.17, 15) is 8.42 Å². The Morgan fingerprint density at radius 1 is 1.23 bits per heavy atom. The minimum absolute atomic E-state index is 0.143. The van der Waals surface area contributed by atoms with Crippen molar-refractivity contribution in [1.29, 1.82) is 0 Å². The van der Waals surface area contributed by atoms with Crippen LogP contribution >= 0.6 is 11.8 Å². The Morgan fingerprint density at radius 2 is 2.04 bits per heavy atom. The summed E-state index contributed by atoms with van der Waals surface area (Å²) >= 11 is 1.57. The predicted octanol–water partition coefficient (Wildman–Crippen LogP) is 4.04. The summed E-state index contributed by atoms with van der Waals surface area (Å²) in [5.74, 6) is 2.14. The fourth-order valence-electron chi connectivity index (χ4n) is 3.19. The van der Waals surface area contributed by atoms with Gasteiger partial charge in [-0.15, -0.1) is 0 Å². The molecule has 7 heteroatoms. The van der Waals surface area contributed by atoms with Gasteiger partial charge in [-0.1, -0.05) is 29.5 Å². The molecule has 0 saturated carbocycles. The van der Waals surface area contributed by atoms with E-state index in [4.69, 9.17) is 4.42 Å². The van der Waals surface area contributed by atoms with Crippen molar-refractivity contribution in [2.24, 2.45) is 5.92 Å². The Kier molecular flexibility index (Phi) is 4.67. The van der Waals surface area contributed by atoms with Crippen LogP contribution in [0.15, 0.2) is 63.2 Å². The van der Waals surface area contributed by atoms with Gasteiger partial charge in [-0.25, -0.2) is 13.4 Å². The molecule has 26 heavy (non-hydrogen) atoms. The summed E-state index contributed by atoms with van der Waals surface area (Å²) in [4.78, 5) is 5.53. The summed E-state index contributed by atoms with van der Waals surface area (Å²) in [5.41, 5.74) is 1.23. The monoisotopic (exact) mass is 388 g/mol. The second-order valence-corrected chi connectivity index (χ2v) is 10.0. The zero-order valence-electron chi connectivity index (χ0n) is 14.5. The third kappa shape index (κ3) is 3.88. The molecule has 1 aromatic carbocycles. The Labute approximate surface area is 157 Å². The third-order valence-electron chi connectivity index (χ3n) is 4.54. The van der Waals surface area contributed by atoms with Crippen molar-refractivity contribution in [2.75, 3.05) is 11.5 Å². The molecule has 0 bridgehead atoms. The van der Waals surface area contributed by atoms with Crippen LogP contribution in [0.5, 0.6) is 0 Å². The maximum atomic E-state index is 11.7. The van der Waals surface area contributed by atoms with Crippen molar-refractivity contribution in [3.63, 3.8) is 0 Å². The van der Waals surface area contributed by atoms with E-state index in [1.54, 1.807) is 18.0 Å². The predicted molar refractivity (Wildman–Crippen MR) is 102 cm³/mol. The Morgan fingerprint density at radius 3 is 2.77 bits per heavy atom. The van der Waals surface area contributed by atoms with Crippen LogP contribution in [-0.4, -0.2) is 29.5 Å². The first-order chi connectivity index (χ1) is 12.5. The van der Waals surface area contributed by atoms with Crippen LogP contribution in [-0.2, 0) is 16.4 Å². The molecule has 1 aliphatic heterocycles. The van der Waals surface area contributed by atoms with E-state index in [0.717, 1.165) is 15.8 Å². The van der Waals surface area contributed by atoms with E-state index in [-0.39, 0.29) is 11.7 Å². The van der Waals surface area contributed by atoms with Gasteiger partial charge in [0, 0.05) is 23.8 Å². The number of imidazole rings is 1. The van der Waals surface area contributed by atoms with Gasteiger partial charge in [0.2, 0.25) is 0 Å². The largest absolute Gasteiger partial charge is 0.446 e. The minimum Gasteiger partial charge on any atom is -0.446 e. The molecule has 0 N–H and O–H groups in total. The van der Waals surface area contributed by atoms with Gasteiger partial charge in [-0.3, -0.25) is 0 Å². The molecule has 1 atom stereocenters. The molecule has 0 aliphatic carbocycles. The topological polar surface area (TPSA) is 65.1 Å². The quantitative estimate of drug-likeness (QED) is 0.660. The first-order valence-corrected chi connectivity index (χ1v) is 11.2. The minimum atomic E-state index is -2.87. The molecule has 2 aromatic heterocycles. The number of hydrogen-bond donors (Lipinski definition) is 0. The molecular formula is C19H20N2O3S2. The van der Waals surface area contributed by atoms with Crippen molar-refractivity contribution >= 4 is 21.6 Å². The van der Waals surface area contributed by atoms with Crippen molar-refractivity contribution < 1.29 is 12.8 Å². The van der Waals surface area contributed by atoms with E-state index in [0.29, 0.717) is 24.5 Å². The Hall–Kier alpha value is -1.99. The summed E-state index contributed by atoms with van der Waals surface area (Å²) in [6.07, 6.45) is 4.33. The van der Waals surface area contributed by atoms with E-state index >= 15 is 0 Å². The molecule has 0 spiro atoms. The second kappa shape index (κ2) is 6.96. The highest BCUT2D eigenvalue weighted by Gasteiger charge is 2.28. The fraction of sp³-hybridized carbons (Fsp3) is 0.316. The van der Waals surface area contributed by atoms with Crippen molar-refractivity contribution in [3.8, 4) is 11.6 Å². The normalized spacial score (nSPS) is 19.0. The average Bonchev–Trinajstić information content (AvgIpc) is 3.30. The molecule has 5 nitrogen and oxygen atoms in total. The molecule has 4 rings (SSSR count). The van der Waals surface area contributed by atoms with Gasteiger partial charge >= 0.3 is 0 Å². The van der Waals surface area contributed by atoms with Crippen molar-refractivity contribution in [2.45, 2.75) is 29.9 Å². The molecular weight excluding hydrogens is 368 g/mol. The van der Waals surface area contributed by atoms with Crippen LogP contribution in [0.4, 0.5) is 0 Å². The molecule has 0 unspecified atom stereocenters. The first-order valence-electron chi connectivity index (χ1n) is 8.55. The molecule has 3 aromatic rings. The lowest BCUT2D eigenvalue weighted by Gasteiger charge is -2.10. The second-order valence-electron chi connectivity index (χ2n) is 6.71. The summed E-state index contributed by atoms with van der Waals surface area (Å²) in [6.45, 7) is 2.71.